The molecule has 0 bridgehead atoms. The van der Waals surface area contributed by atoms with Gasteiger partial charge in [0.25, 0.3) is 5.91 Å². The highest BCUT2D eigenvalue weighted by Gasteiger charge is 2.01. The number of hydrogen-bond acceptors (Lipinski definition) is 4. The zero-order valence-electron chi connectivity index (χ0n) is 11.1. The number of carbonyl (C=O) groups is 1. The maximum absolute atomic E-state index is 11.0. The van der Waals surface area contributed by atoms with Crippen molar-refractivity contribution in [3.05, 3.63) is 48.5 Å². The number of anilines is 1. The van der Waals surface area contributed by atoms with Crippen molar-refractivity contribution in [3.8, 4) is 17.2 Å². The Balaban J connectivity index is 1.94. The van der Waals surface area contributed by atoms with Crippen LogP contribution >= 0.6 is 0 Å². The number of nitrogens with two attached hydrogens (primary N) is 1. The van der Waals surface area contributed by atoms with Crippen LogP contribution < -0.4 is 20.5 Å². The molecule has 2 aromatic rings. The van der Waals surface area contributed by atoms with Crippen LogP contribution in [0.3, 0.4) is 0 Å². The summed E-state index contributed by atoms with van der Waals surface area (Å²) < 4.78 is 10.9. The van der Waals surface area contributed by atoms with E-state index in [1.165, 1.54) is 0 Å². The third-order valence-corrected chi connectivity index (χ3v) is 2.59. The zero-order valence-corrected chi connectivity index (χ0v) is 11.1. The van der Waals surface area contributed by atoms with Gasteiger partial charge >= 0.3 is 0 Å². The fourth-order valence-corrected chi connectivity index (χ4v) is 1.50. The molecule has 0 fully saturated rings. The summed E-state index contributed by atoms with van der Waals surface area (Å²) in [6.07, 6.45) is 0. The van der Waals surface area contributed by atoms with Gasteiger partial charge in [0.05, 0.1) is 0 Å². The van der Waals surface area contributed by atoms with Crippen LogP contribution in [0.5, 0.6) is 17.2 Å². The number of amides is 1. The molecule has 104 valence electrons. The van der Waals surface area contributed by atoms with Crippen molar-refractivity contribution in [2.24, 2.45) is 0 Å². The number of ether oxygens (including phenoxy) is 2. The highest BCUT2D eigenvalue weighted by atomic mass is 16.5. The van der Waals surface area contributed by atoms with Gasteiger partial charge in [-0.1, -0.05) is 0 Å². The predicted molar refractivity (Wildman–Crippen MR) is 76.9 cm³/mol. The van der Waals surface area contributed by atoms with Gasteiger partial charge in [-0.3, -0.25) is 4.79 Å². The number of hydrogen-bond donors (Lipinski definition) is 2. The molecule has 0 spiro atoms. The van der Waals surface area contributed by atoms with Gasteiger partial charge in [-0.15, -0.1) is 0 Å². The average molecular weight is 272 g/mol. The molecule has 0 radical (unpaired) electrons. The molecule has 0 saturated carbocycles. The molecule has 5 heteroatoms. The number of rotatable bonds is 5. The van der Waals surface area contributed by atoms with Crippen LogP contribution in [0.4, 0.5) is 5.69 Å². The third-order valence-electron chi connectivity index (χ3n) is 2.59. The minimum absolute atomic E-state index is 0.00529. The smallest absolute Gasteiger partial charge is 0.257 e. The molecular formula is C15H16N2O3. The quantitative estimate of drug-likeness (QED) is 0.818. The van der Waals surface area contributed by atoms with E-state index in [1.807, 2.05) is 0 Å². The molecule has 0 aliphatic heterocycles. The van der Waals surface area contributed by atoms with Gasteiger partial charge < -0.3 is 20.5 Å². The van der Waals surface area contributed by atoms with E-state index in [1.54, 1.807) is 55.6 Å². The summed E-state index contributed by atoms with van der Waals surface area (Å²) in [4.78, 5) is 11.0. The largest absolute Gasteiger partial charge is 0.484 e. The number of carbonyl (C=O) groups excluding carboxylic acids is 1. The van der Waals surface area contributed by atoms with E-state index >= 15 is 0 Å². The van der Waals surface area contributed by atoms with Crippen molar-refractivity contribution in [3.63, 3.8) is 0 Å². The molecule has 0 heterocycles. The Morgan fingerprint density at radius 3 is 2.05 bits per heavy atom. The SMILES string of the molecule is CNC(=O)COc1ccc(Oc2ccc(N)cc2)cc1. The van der Waals surface area contributed by atoms with Gasteiger partial charge in [-0.25, -0.2) is 0 Å². The van der Waals surface area contributed by atoms with Crippen LogP contribution in [0.25, 0.3) is 0 Å². The molecular weight excluding hydrogens is 256 g/mol. The van der Waals surface area contributed by atoms with Crippen LogP contribution in [0.1, 0.15) is 0 Å². The molecule has 2 aromatic carbocycles. The first-order valence-corrected chi connectivity index (χ1v) is 6.14. The molecule has 0 saturated heterocycles. The summed E-state index contributed by atoms with van der Waals surface area (Å²) in [6, 6.07) is 14.2. The van der Waals surface area contributed by atoms with E-state index in [9.17, 15) is 4.79 Å². The monoisotopic (exact) mass is 272 g/mol. The highest BCUT2D eigenvalue weighted by Crippen LogP contribution is 2.24. The Bertz CT molecular complexity index is 565. The Morgan fingerprint density at radius 1 is 1.00 bits per heavy atom. The van der Waals surface area contributed by atoms with Crippen LogP contribution in [0.2, 0.25) is 0 Å². The molecule has 0 unspecified atom stereocenters. The first kappa shape index (κ1) is 13.7. The molecule has 0 aliphatic rings. The molecule has 20 heavy (non-hydrogen) atoms. The van der Waals surface area contributed by atoms with Gasteiger partial charge in [-0.05, 0) is 48.5 Å². The summed E-state index contributed by atoms with van der Waals surface area (Å²) in [5.41, 5.74) is 6.29. The van der Waals surface area contributed by atoms with E-state index in [0.717, 1.165) is 0 Å². The summed E-state index contributed by atoms with van der Waals surface area (Å²) in [6.45, 7) is -0.00529. The average Bonchev–Trinajstić information content (AvgIpc) is 2.48. The van der Waals surface area contributed by atoms with Crippen LogP contribution in [0.15, 0.2) is 48.5 Å². The molecule has 3 N–H and O–H groups in total. The van der Waals surface area contributed by atoms with Crippen molar-refractivity contribution < 1.29 is 14.3 Å². The van der Waals surface area contributed by atoms with Gasteiger partial charge in [0.2, 0.25) is 0 Å². The lowest BCUT2D eigenvalue weighted by molar-refractivity contribution is -0.122. The Morgan fingerprint density at radius 2 is 1.50 bits per heavy atom. The molecule has 1 amide bonds. The molecule has 0 aliphatic carbocycles. The highest BCUT2D eigenvalue weighted by molar-refractivity contribution is 5.77. The van der Waals surface area contributed by atoms with Gasteiger partial charge in [0.15, 0.2) is 6.61 Å². The van der Waals surface area contributed by atoms with E-state index in [-0.39, 0.29) is 12.5 Å². The topological polar surface area (TPSA) is 73.6 Å². The van der Waals surface area contributed by atoms with Crippen molar-refractivity contribution in [1.29, 1.82) is 0 Å². The maximum Gasteiger partial charge on any atom is 0.257 e. The molecule has 2 rings (SSSR count). The minimum Gasteiger partial charge on any atom is -0.484 e. The van der Waals surface area contributed by atoms with E-state index in [2.05, 4.69) is 5.32 Å². The lowest BCUT2D eigenvalue weighted by Crippen LogP contribution is -2.24. The summed E-state index contributed by atoms with van der Waals surface area (Å²) >= 11 is 0. The second-order valence-electron chi connectivity index (χ2n) is 4.10. The normalized spacial score (nSPS) is 9.85. The number of nitrogen functional groups attached to an aromatic ring is 1. The number of nitrogens with one attached hydrogen (secondary N) is 1. The Labute approximate surface area is 117 Å². The van der Waals surface area contributed by atoms with Gasteiger partial charge in [-0.2, -0.15) is 0 Å². The van der Waals surface area contributed by atoms with Gasteiger partial charge in [0, 0.05) is 12.7 Å². The lowest BCUT2D eigenvalue weighted by atomic mass is 10.3. The van der Waals surface area contributed by atoms with Crippen molar-refractivity contribution in [2.45, 2.75) is 0 Å². The second kappa shape index (κ2) is 6.47. The molecule has 0 aromatic heterocycles. The van der Waals surface area contributed by atoms with Gasteiger partial charge in [0.1, 0.15) is 17.2 Å². The third kappa shape index (κ3) is 3.91. The zero-order chi connectivity index (χ0) is 14.4. The van der Waals surface area contributed by atoms with Crippen LogP contribution in [-0.4, -0.2) is 19.6 Å². The first-order chi connectivity index (χ1) is 9.67. The predicted octanol–water partition coefficient (Wildman–Crippen LogP) is 2.19. The lowest BCUT2D eigenvalue weighted by Gasteiger charge is -2.08. The Kier molecular flexibility index (Phi) is 4.44. The summed E-state index contributed by atoms with van der Waals surface area (Å²) in [5, 5.41) is 2.48. The van der Waals surface area contributed by atoms with E-state index in [0.29, 0.717) is 22.9 Å². The van der Waals surface area contributed by atoms with E-state index in [4.69, 9.17) is 15.2 Å². The first-order valence-electron chi connectivity index (χ1n) is 6.14. The molecule has 5 nitrogen and oxygen atoms in total. The van der Waals surface area contributed by atoms with Crippen molar-refractivity contribution >= 4 is 11.6 Å². The summed E-state index contributed by atoms with van der Waals surface area (Å²) in [7, 11) is 1.56. The van der Waals surface area contributed by atoms with E-state index < -0.39 is 0 Å². The van der Waals surface area contributed by atoms with Crippen molar-refractivity contribution in [2.75, 3.05) is 19.4 Å². The maximum atomic E-state index is 11.0. The number of benzene rings is 2. The van der Waals surface area contributed by atoms with Crippen LogP contribution in [0, 0.1) is 0 Å². The fourth-order valence-electron chi connectivity index (χ4n) is 1.50. The standard InChI is InChI=1S/C15H16N2O3/c1-17-15(18)10-19-12-6-8-14(9-7-12)20-13-4-2-11(16)3-5-13/h2-9H,10,16H2,1H3,(H,17,18). The molecule has 0 atom stereocenters. The number of likely N-dealkylation sites (N-methyl/N-ethyl adjacent to an activating group) is 1. The van der Waals surface area contributed by atoms with Crippen molar-refractivity contribution in [1.82, 2.24) is 5.32 Å². The fraction of sp³-hybridized carbons (Fsp3) is 0.133. The second-order valence-corrected chi connectivity index (χ2v) is 4.10. The minimum atomic E-state index is -0.174. The van der Waals surface area contributed by atoms with Crippen LogP contribution in [-0.2, 0) is 4.79 Å². The Hall–Kier alpha value is -2.69. The summed E-state index contributed by atoms with van der Waals surface area (Å²) in [5.74, 6) is 1.82.